The topological polar surface area (TPSA) is 24.1 Å². The minimum absolute atomic E-state index is 0.718. The normalized spacial score (nSPS) is 17.2. The molecule has 1 aliphatic rings. The zero-order chi connectivity index (χ0) is 11.9. The van der Waals surface area contributed by atoms with Gasteiger partial charge < -0.3 is 10.6 Å². The molecule has 1 aliphatic heterocycles. The maximum absolute atomic E-state index is 5.96. The largest absolute Gasteiger partial charge is 0.317 e. The molecule has 0 unspecified atom stereocenters. The number of hydrogen-bond donors (Lipinski definition) is 2. The summed E-state index contributed by atoms with van der Waals surface area (Å²) in [5.41, 5.74) is 1.34. The summed E-state index contributed by atoms with van der Waals surface area (Å²) in [6, 6.07) is 8.88. The summed E-state index contributed by atoms with van der Waals surface area (Å²) < 4.78 is 0. The van der Waals surface area contributed by atoms with Gasteiger partial charge in [-0.3, -0.25) is 0 Å². The van der Waals surface area contributed by atoms with Crippen molar-refractivity contribution >= 4 is 11.6 Å². The van der Waals surface area contributed by atoms with E-state index in [2.05, 4.69) is 22.8 Å². The maximum Gasteiger partial charge on any atom is 0.0408 e. The summed E-state index contributed by atoms with van der Waals surface area (Å²) in [4.78, 5) is 0. The molecule has 0 saturated carbocycles. The van der Waals surface area contributed by atoms with Gasteiger partial charge in [-0.1, -0.05) is 23.7 Å². The molecule has 1 aromatic carbocycles. The van der Waals surface area contributed by atoms with Gasteiger partial charge in [0.25, 0.3) is 0 Å². The summed E-state index contributed by atoms with van der Waals surface area (Å²) in [6.07, 6.45) is 4.82. The van der Waals surface area contributed by atoms with Crippen LogP contribution in [0.2, 0.25) is 5.02 Å². The molecule has 0 bridgehead atoms. The fourth-order valence-electron chi connectivity index (χ4n) is 2.32. The molecule has 1 saturated heterocycles. The molecule has 0 aliphatic carbocycles. The molecule has 0 aromatic heterocycles. The van der Waals surface area contributed by atoms with Crippen molar-refractivity contribution in [1.29, 1.82) is 0 Å². The number of piperidine rings is 1. The lowest BCUT2D eigenvalue weighted by molar-refractivity contribution is 0.386. The average Bonchev–Trinajstić information content (AvgIpc) is 2.36. The third-order valence-electron chi connectivity index (χ3n) is 3.30. The lowest BCUT2D eigenvalue weighted by atomic mass is 10.1. The molecule has 2 rings (SSSR count). The second kappa shape index (κ2) is 7.00. The van der Waals surface area contributed by atoms with E-state index in [1.807, 2.05) is 12.1 Å². The minimum Gasteiger partial charge on any atom is -0.317 e. The van der Waals surface area contributed by atoms with Crippen LogP contribution in [-0.4, -0.2) is 25.7 Å². The first-order valence-corrected chi connectivity index (χ1v) is 6.91. The molecule has 0 radical (unpaired) electrons. The van der Waals surface area contributed by atoms with Gasteiger partial charge in [-0.05, 0) is 63.0 Å². The van der Waals surface area contributed by atoms with Gasteiger partial charge in [0, 0.05) is 11.1 Å². The molecule has 0 amide bonds. The SMILES string of the molecule is Clc1cccc(CCCNC2CCNCC2)c1. The van der Waals surface area contributed by atoms with Crippen LogP contribution >= 0.6 is 11.6 Å². The molecular weight excluding hydrogens is 232 g/mol. The Morgan fingerprint density at radius 2 is 2.12 bits per heavy atom. The van der Waals surface area contributed by atoms with Crippen LogP contribution in [0.15, 0.2) is 24.3 Å². The van der Waals surface area contributed by atoms with Gasteiger partial charge in [0.2, 0.25) is 0 Å². The molecule has 94 valence electrons. The zero-order valence-corrected chi connectivity index (χ0v) is 11.0. The highest BCUT2D eigenvalue weighted by atomic mass is 35.5. The Hall–Kier alpha value is -0.570. The predicted octanol–water partition coefficient (Wildman–Crippen LogP) is 2.61. The van der Waals surface area contributed by atoms with E-state index >= 15 is 0 Å². The highest BCUT2D eigenvalue weighted by Crippen LogP contribution is 2.12. The van der Waals surface area contributed by atoms with Crippen LogP contribution in [-0.2, 0) is 6.42 Å². The second-order valence-corrected chi connectivity index (χ2v) is 5.15. The Kier molecular flexibility index (Phi) is 5.30. The van der Waals surface area contributed by atoms with Crippen LogP contribution in [0.4, 0.5) is 0 Å². The molecule has 1 fully saturated rings. The third kappa shape index (κ3) is 4.66. The number of halogens is 1. The fourth-order valence-corrected chi connectivity index (χ4v) is 2.53. The third-order valence-corrected chi connectivity index (χ3v) is 3.54. The van der Waals surface area contributed by atoms with Crippen LogP contribution < -0.4 is 10.6 Å². The monoisotopic (exact) mass is 252 g/mol. The van der Waals surface area contributed by atoms with Gasteiger partial charge in [0.05, 0.1) is 0 Å². The van der Waals surface area contributed by atoms with E-state index in [0.29, 0.717) is 0 Å². The Labute approximate surface area is 109 Å². The van der Waals surface area contributed by atoms with E-state index in [-0.39, 0.29) is 0 Å². The van der Waals surface area contributed by atoms with E-state index in [1.54, 1.807) is 0 Å². The van der Waals surface area contributed by atoms with Gasteiger partial charge in [-0.2, -0.15) is 0 Å². The summed E-state index contributed by atoms with van der Waals surface area (Å²) in [6.45, 7) is 3.43. The van der Waals surface area contributed by atoms with Gasteiger partial charge in [-0.25, -0.2) is 0 Å². The van der Waals surface area contributed by atoms with E-state index < -0.39 is 0 Å². The standard InChI is InChI=1S/C14H21ClN2/c15-13-5-1-3-12(11-13)4-2-8-17-14-6-9-16-10-7-14/h1,3,5,11,14,16-17H,2,4,6-10H2. The number of rotatable bonds is 5. The molecule has 1 aromatic rings. The van der Waals surface area contributed by atoms with Crippen molar-refractivity contribution in [2.45, 2.75) is 31.7 Å². The van der Waals surface area contributed by atoms with Crippen molar-refractivity contribution in [2.24, 2.45) is 0 Å². The molecule has 2 N–H and O–H groups in total. The first-order valence-electron chi connectivity index (χ1n) is 6.53. The number of aryl methyl sites for hydroxylation is 1. The van der Waals surface area contributed by atoms with Crippen molar-refractivity contribution < 1.29 is 0 Å². The Morgan fingerprint density at radius 1 is 1.29 bits per heavy atom. The van der Waals surface area contributed by atoms with E-state index in [1.165, 1.54) is 24.8 Å². The van der Waals surface area contributed by atoms with Crippen LogP contribution in [0.3, 0.4) is 0 Å². The van der Waals surface area contributed by atoms with Crippen molar-refractivity contribution in [3.8, 4) is 0 Å². The second-order valence-electron chi connectivity index (χ2n) is 4.71. The maximum atomic E-state index is 5.96. The van der Waals surface area contributed by atoms with Crippen LogP contribution in [0, 0.1) is 0 Å². The van der Waals surface area contributed by atoms with Gasteiger partial charge in [0.15, 0.2) is 0 Å². The molecule has 0 atom stereocenters. The Balaban J connectivity index is 1.62. The van der Waals surface area contributed by atoms with Crippen molar-refractivity contribution in [3.63, 3.8) is 0 Å². The van der Waals surface area contributed by atoms with Crippen LogP contribution in [0.5, 0.6) is 0 Å². The number of benzene rings is 1. The highest BCUT2D eigenvalue weighted by Gasteiger charge is 2.10. The Bertz CT molecular complexity index is 335. The molecular formula is C14H21ClN2. The lowest BCUT2D eigenvalue weighted by Gasteiger charge is -2.23. The van der Waals surface area contributed by atoms with Crippen LogP contribution in [0.25, 0.3) is 0 Å². The molecule has 2 nitrogen and oxygen atoms in total. The molecule has 17 heavy (non-hydrogen) atoms. The first-order chi connectivity index (χ1) is 8.34. The smallest absolute Gasteiger partial charge is 0.0408 e. The van der Waals surface area contributed by atoms with Crippen molar-refractivity contribution in [1.82, 2.24) is 10.6 Å². The van der Waals surface area contributed by atoms with E-state index in [9.17, 15) is 0 Å². The summed E-state index contributed by atoms with van der Waals surface area (Å²) >= 11 is 5.96. The fraction of sp³-hybridized carbons (Fsp3) is 0.571. The summed E-state index contributed by atoms with van der Waals surface area (Å²) in [5, 5.41) is 7.86. The minimum atomic E-state index is 0.718. The van der Waals surface area contributed by atoms with E-state index in [4.69, 9.17) is 11.6 Å². The van der Waals surface area contributed by atoms with Crippen molar-refractivity contribution in [2.75, 3.05) is 19.6 Å². The number of nitrogens with one attached hydrogen (secondary N) is 2. The van der Waals surface area contributed by atoms with Gasteiger partial charge in [-0.15, -0.1) is 0 Å². The lowest BCUT2D eigenvalue weighted by Crippen LogP contribution is -2.40. The summed E-state index contributed by atoms with van der Waals surface area (Å²) in [5.74, 6) is 0. The zero-order valence-electron chi connectivity index (χ0n) is 10.2. The molecule has 1 heterocycles. The quantitative estimate of drug-likeness (QED) is 0.788. The predicted molar refractivity (Wildman–Crippen MR) is 73.7 cm³/mol. The van der Waals surface area contributed by atoms with E-state index in [0.717, 1.165) is 37.1 Å². The number of hydrogen-bond acceptors (Lipinski definition) is 2. The average molecular weight is 253 g/mol. The van der Waals surface area contributed by atoms with Gasteiger partial charge >= 0.3 is 0 Å². The van der Waals surface area contributed by atoms with Crippen molar-refractivity contribution in [3.05, 3.63) is 34.9 Å². The van der Waals surface area contributed by atoms with Crippen LogP contribution in [0.1, 0.15) is 24.8 Å². The highest BCUT2D eigenvalue weighted by molar-refractivity contribution is 6.30. The Morgan fingerprint density at radius 3 is 2.88 bits per heavy atom. The summed E-state index contributed by atoms with van der Waals surface area (Å²) in [7, 11) is 0. The van der Waals surface area contributed by atoms with Gasteiger partial charge in [0.1, 0.15) is 0 Å². The molecule has 3 heteroatoms. The molecule has 0 spiro atoms. The first kappa shape index (κ1) is 12.9.